The van der Waals surface area contributed by atoms with Gasteiger partial charge >= 0.3 is 0 Å². The maximum atomic E-state index is 12.0. The molecule has 3 rings (SSSR count). The first kappa shape index (κ1) is 14.7. The average molecular weight is 306 g/mol. The lowest BCUT2D eigenvalue weighted by Gasteiger charge is -2.02. The zero-order chi connectivity index (χ0) is 15.5. The summed E-state index contributed by atoms with van der Waals surface area (Å²) in [5, 5.41) is 10.4. The van der Waals surface area contributed by atoms with Crippen molar-refractivity contribution in [3.8, 4) is 0 Å². The lowest BCUT2D eigenvalue weighted by Crippen LogP contribution is -2.25. The molecule has 8 heteroatoms. The van der Waals surface area contributed by atoms with Gasteiger partial charge in [-0.05, 0) is 26.7 Å². The molecule has 1 saturated heterocycles. The number of carbonyl (C=O) groups excluding carboxylic acids is 1. The summed E-state index contributed by atoms with van der Waals surface area (Å²) in [5.41, 5.74) is 1.54. The van der Waals surface area contributed by atoms with Crippen molar-refractivity contribution in [1.29, 1.82) is 0 Å². The Morgan fingerprint density at radius 1 is 1.32 bits per heavy atom. The fourth-order valence-electron chi connectivity index (χ4n) is 2.40. The summed E-state index contributed by atoms with van der Waals surface area (Å²) in [6.45, 7) is 4.54. The first-order valence-electron chi connectivity index (χ1n) is 7.26. The van der Waals surface area contributed by atoms with Gasteiger partial charge in [0, 0.05) is 12.2 Å². The summed E-state index contributed by atoms with van der Waals surface area (Å²) >= 11 is 0. The summed E-state index contributed by atoms with van der Waals surface area (Å²) in [6.07, 6.45) is 1.99. The number of nitrogens with zero attached hydrogens (tertiary/aromatic N) is 3. The van der Waals surface area contributed by atoms with E-state index in [1.807, 2.05) is 6.92 Å². The Bertz CT molecular complexity index is 638. The minimum absolute atomic E-state index is 0.112. The molecule has 0 unspecified atom stereocenters. The number of rotatable bonds is 5. The van der Waals surface area contributed by atoms with Crippen molar-refractivity contribution in [2.45, 2.75) is 45.8 Å². The van der Waals surface area contributed by atoms with Gasteiger partial charge in [-0.2, -0.15) is 4.98 Å². The Balaban J connectivity index is 1.53. The summed E-state index contributed by atoms with van der Waals surface area (Å²) in [7, 11) is 0. The van der Waals surface area contributed by atoms with Crippen LogP contribution in [-0.2, 0) is 22.5 Å². The van der Waals surface area contributed by atoms with Gasteiger partial charge in [0.15, 0.2) is 5.82 Å². The third-order valence-electron chi connectivity index (χ3n) is 3.65. The highest BCUT2D eigenvalue weighted by Gasteiger charge is 2.24. The Labute approximate surface area is 127 Å². The smallest absolute Gasteiger partial charge is 0.255 e. The van der Waals surface area contributed by atoms with E-state index >= 15 is 0 Å². The first-order chi connectivity index (χ1) is 10.6. The zero-order valence-electron chi connectivity index (χ0n) is 12.6. The molecule has 3 heterocycles. The van der Waals surface area contributed by atoms with E-state index in [9.17, 15) is 4.79 Å². The fourth-order valence-corrected chi connectivity index (χ4v) is 2.40. The molecule has 2 aromatic heterocycles. The van der Waals surface area contributed by atoms with Crippen molar-refractivity contribution in [1.82, 2.24) is 20.6 Å². The van der Waals surface area contributed by atoms with E-state index in [2.05, 4.69) is 20.6 Å². The van der Waals surface area contributed by atoms with Gasteiger partial charge in [-0.25, -0.2) is 0 Å². The third kappa shape index (κ3) is 3.16. The minimum Gasteiger partial charge on any atom is -0.368 e. The van der Waals surface area contributed by atoms with Gasteiger partial charge in [0.05, 0.1) is 18.7 Å². The fraction of sp³-hybridized carbons (Fsp3) is 0.571. The van der Waals surface area contributed by atoms with Gasteiger partial charge in [-0.3, -0.25) is 4.79 Å². The van der Waals surface area contributed by atoms with Crippen LogP contribution in [0.3, 0.4) is 0 Å². The number of aryl methyl sites for hydroxylation is 2. The van der Waals surface area contributed by atoms with E-state index in [1.54, 1.807) is 6.92 Å². The molecule has 0 aromatic carbocycles. The lowest BCUT2D eigenvalue weighted by atomic mass is 10.1. The molecule has 1 amide bonds. The molecule has 2 aromatic rings. The van der Waals surface area contributed by atoms with Crippen LogP contribution in [0.25, 0.3) is 0 Å². The molecule has 22 heavy (non-hydrogen) atoms. The van der Waals surface area contributed by atoms with Crippen LogP contribution < -0.4 is 5.32 Å². The van der Waals surface area contributed by atoms with E-state index in [-0.39, 0.29) is 25.0 Å². The maximum absolute atomic E-state index is 12.0. The summed E-state index contributed by atoms with van der Waals surface area (Å²) in [6, 6.07) is 0. The van der Waals surface area contributed by atoms with Crippen molar-refractivity contribution in [2.75, 3.05) is 6.61 Å². The van der Waals surface area contributed by atoms with Crippen LogP contribution in [0.1, 0.15) is 47.7 Å². The molecule has 118 valence electrons. The standard InChI is InChI=1S/C14H18N4O4/c1-8-10(9(2)21-17-8)6-13(19)15-7-12-16-14(22-18-12)11-4-3-5-20-11/h11H,3-7H2,1-2H3,(H,15,19)/t11-/m0/s1. The summed E-state index contributed by atoms with van der Waals surface area (Å²) < 4.78 is 15.7. The second kappa shape index (κ2) is 6.27. The number of hydrogen-bond acceptors (Lipinski definition) is 7. The number of ether oxygens (including phenoxy) is 1. The predicted molar refractivity (Wildman–Crippen MR) is 73.8 cm³/mol. The van der Waals surface area contributed by atoms with Crippen molar-refractivity contribution in [3.05, 3.63) is 28.7 Å². The number of nitrogens with one attached hydrogen (secondary N) is 1. The van der Waals surface area contributed by atoms with Gasteiger partial charge in [0.2, 0.25) is 5.91 Å². The number of carbonyl (C=O) groups is 1. The minimum atomic E-state index is -0.141. The highest BCUT2D eigenvalue weighted by molar-refractivity contribution is 5.78. The normalized spacial score (nSPS) is 17.8. The topological polar surface area (TPSA) is 103 Å². The highest BCUT2D eigenvalue weighted by Crippen LogP contribution is 2.26. The van der Waals surface area contributed by atoms with Gasteiger partial charge in [-0.15, -0.1) is 0 Å². The highest BCUT2D eigenvalue weighted by atomic mass is 16.5. The number of hydrogen-bond donors (Lipinski definition) is 1. The molecule has 8 nitrogen and oxygen atoms in total. The quantitative estimate of drug-likeness (QED) is 0.890. The lowest BCUT2D eigenvalue weighted by molar-refractivity contribution is -0.120. The molecule has 0 radical (unpaired) electrons. The molecule has 0 aliphatic carbocycles. The molecule has 1 fully saturated rings. The molecule has 1 atom stereocenters. The van der Waals surface area contributed by atoms with Crippen LogP contribution in [0.2, 0.25) is 0 Å². The van der Waals surface area contributed by atoms with Gasteiger partial charge < -0.3 is 19.1 Å². The largest absolute Gasteiger partial charge is 0.368 e. The van der Waals surface area contributed by atoms with E-state index < -0.39 is 0 Å². The molecule has 1 aliphatic heterocycles. The SMILES string of the molecule is Cc1noc(C)c1CC(=O)NCc1noc([C@@H]2CCCO2)n1. The van der Waals surface area contributed by atoms with Gasteiger partial charge in [0.1, 0.15) is 11.9 Å². The van der Waals surface area contributed by atoms with Crippen LogP contribution in [0.4, 0.5) is 0 Å². The van der Waals surface area contributed by atoms with E-state index in [0.717, 1.165) is 30.7 Å². The Morgan fingerprint density at radius 2 is 2.18 bits per heavy atom. The first-order valence-corrected chi connectivity index (χ1v) is 7.26. The molecule has 0 bridgehead atoms. The van der Waals surface area contributed by atoms with Gasteiger partial charge in [-0.1, -0.05) is 10.3 Å². The molecule has 0 spiro atoms. The number of aromatic nitrogens is 3. The van der Waals surface area contributed by atoms with E-state index in [0.29, 0.717) is 17.5 Å². The molecule has 0 saturated carbocycles. The van der Waals surface area contributed by atoms with Gasteiger partial charge in [0.25, 0.3) is 5.89 Å². The second-order valence-corrected chi connectivity index (χ2v) is 5.31. The van der Waals surface area contributed by atoms with Crippen LogP contribution >= 0.6 is 0 Å². The Kier molecular flexibility index (Phi) is 4.19. The monoisotopic (exact) mass is 306 g/mol. The van der Waals surface area contributed by atoms with Crippen LogP contribution in [0, 0.1) is 13.8 Å². The average Bonchev–Trinajstić information content (AvgIpc) is 3.22. The maximum Gasteiger partial charge on any atom is 0.255 e. The summed E-state index contributed by atoms with van der Waals surface area (Å²) in [5.74, 6) is 1.44. The second-order valence-electron chi connectivity index (χ2n) is 5.31. The number of amides is 1. The van der Waals surface area contributed by atoms with Crippen LogP contribution in [0.15, 0.2) is 9.05 Å². The molecule has 1 N–H and O–H groups in total. The Hall–Kier alpha value is -2.22. The molecular formula is C14H18N4O4. The summed E-state index contributed by atoms with van der Waals surface area (Å²) in [4.78, 5) is 16.2. The van der Waals surface area contributed by atoms with Crippen LogP contribution in [-0.4, -0.2) is 27.8 Å². The van der Waals surface area contributed by atoms with Crippen molar-refractivity contribution < 1.29 is 18.6 Å². The third-order valence-corrected chi connectivity index (χ3v) is 3.65. The van der Waals surface area contributed by atoms with Crippen LogP contribution in [0.5, 0.6) is 0 Å². The zero-order valence-corrected chi connectivity index (χ0v) is 12.6. The van der Waals surface area contributed by atoms with Crippen molar-refractivity contribution in [3.63, 3.8) is 0 Å². The predicted octanol–water partition coefficient (Wildman–Crippen LogP) is 1.38. The van der Waals surface area contributed by atoms with Crippen molar-refractivity contribution >= 4 is 5.91 Å². The van der Waals surface area contributed by atoms with Crippen molar-refractivity contribution in [2.24, 2.45) is 0 Å². The molecular weight excluding hydrogens is 288 g/mol. The Morgan fingerprint density at radius 3 is 2.86 bits per heavy atom. The van der Waals surface area contributed by atoms with E-state index in [4.69, 9.17) is 13.8 Å². The molecule has 1 aliphatic rings. The van der Waals surface area contributed by atoms with E-state index in [1.165, 1.54) is 0 Å².